The Bertz CT molecular complexity index is 1090. The van der Waals surface area contributed by atoms with Crippen LogP contribution in [0.4, 0.5) is 4.39 Å². The fourth-order valence-corrected chi connectivity index (χ4v) is 2.92. The number of nitrogens with zero attached hydrogens (tertiary/aromatic N) is 5. The fourth-order valence-electron chi connectivity index (χ4n) is 2.92. The number of aromatic nitrogens is 5. The molecule has 0 unspecified atom stereocenters. The van der Waals surface area contributed by atoms with Gasteiger partial charge in [-0.2, -0.15) is 9.37 Å². The fraction of sp³-hybridized carbons (Fsp3) is 0.176. The van der Waals surface area contributed by atoms with E-state index >= 15 is 0 Å². The molecule has 0 saturated heterocycles. The Morgan fingerprint density at radius 1 is 1.04 bits per heavy atom. The van der Waals surface area contributed by atoms with Gasteiger partial charge < -0.3 is 4.74 Å². The summed E-state index contributed by atoms with van der Waals surface area (Å²) in [6, 6.07) is 6.69. The van der Waals surface area contributed by atoms with E-state index in [1.54, 1.807) is 19.2 Å². The molecule has 6 nitrogen and oxygen atoms in total. The van der Waals surface area contributed by atoms with E-state index in [1.165, 1.54) is 12.3 Å². The summed E-state index contributed by atoms with van der Waals surface area (Å²) in [7, 11) is 1.56. The van der Waals surface area contributed by atoms with Gasteiger partial charge in [0.15, 0.2) is 5.65 Å². The van der Waals surface area contributed by atoms with Crippen LogP contribution in [0.3, 0.4) is 0 Å². The van der Waals surface area contributed by atoms with Crippen molar-refractivity contribution in [3.63, 3.8) is 0 Å². The molecule has 0 aliphatic rings. The average Bonchev–Trinajstić information content (AvgIpc) is 2.93. The highest BCUT2D eigenvalue weighted by atomic mass is 19.1. The number of imidazole rings is 1. The van der Waals surface area contributed by atoms with Crippen molar-refractivity contribution in [2.75, 3.05) is 7.11 Å². The van der Waals surface area contributed by atoms with Gasteiger partial charge in [-0.05, 0) is 26.0 Å². The SMILES string of the molecule is COc1ccc2nc(C)c3c(C)nc(-c4ccnc(F)c4)n3c2n1. The Morgan fingerprint density at radius 2 is 1.83 bits per heavy atom. The highest BCUT2D eigenvalue weighted by Gasteiger charge is 2.17. The maximum Gasteiger partial charge on any atom is 0.215 e. The number of methoxy groups -OCH3 is 1. The van der Waals surface area contributed by atoms with Crippen LogP contribution in [0.15, 0.2) is 30.5 Å². The highest BCUT2D eigenvalue weighted by Crippen LogP contribution is 2.28. The van der Waals surface area contributed by atoms with Crippen LogP contribution < -0.4 is 4.74 Å². The lowest BCUT2D eigenvalue weighted by molar-refractivity contribution is 0.399. The third kappa shape index (κ3) is 2.09. The second-order valence-corrected chi connectivity index (χ2v) is 5.47. The summed E-state index contributed by atoms with van der Waals surface area (Å²) in [6.45, 7) is 3.82. The predicted octanol–water partition coefficient (Wildman–Crippen LogP) is 3.10. The number of halogens is 1. The van der Waals surface area contributed by atoms with Gasteiger partial charge in [-0.1, -0.05) is 0 Å². The van der Waals surface area contributed by atoms with Crippen LogP contribution in [0.5, 0.6) is 5.88 Å². The van der Waals surface area contributed by atoms with Crippen LogP contribution in [-0.2, 0) is 0 Å². The zero-order valence-corrected chi connectivity index (χ0v) is 13.4. The molecule has 7 heteroatoms. The van der Waals surface area contributed by atoms with E-state index in [1.807, 2.05) is 24.3 Å². The van der Waals surface area contributed by atoms with E-state index in [9.17, 15) is 4.39 Å². The Kier molecular flexibility index (Phi) is 3.16. The normalized spacial score (nSPS) is 11.3. The van der Waals surface area contributed by atoms with Crippen molar-refractivity contribution in [2.24, 2.45) is 0 Å². The van der Waals surface area contributed by atoms with E-state index in [0.717, 1.165) is 16.9 Å². The number of aryl methyl sites for hydroxylation is 2. The summed E-state index contributed by atoms with van der Waals surface area (Å²) in [4.78, 5) is 17.3. The van der Waals surface area contributed by atoms with Gasteiger partial charge in [-0.25, -0.2) is 15.0 Å². The van der Waals surface area contributed by atoms with Crippen molar-refractivity contribution in [3.8, 4) is 17.3 Å². The van der Waals surface area contributed by atoms with Crippen LogP contribution in [0.1, 0.15) is 11.4 Å². The summed E-state index contributed by atoms with van der Waals surface area (Å²) in [6.07, 6.45) is 1.42. The second-order valence-electron chi connectivity index (χ2n) is 5.47. The molecule has 0 aliphatic heterocycles. The molecule has 0 fully saturated rings. The molecule has 0 bridgehead atoms. The molecule has 24 heavy (non-hydrogen) atoms. The third-order valence-corrected chi connectivity index (χ3v) is 3.92. The third-order valence-electron chi connectivity index (χ3n) is 3.92. The molecule has 0 aromatic carbocycles. The maximum absolute atomic E-state index is 13.6. The van der Waals surface area contributed by atoms with Crippen LogP contribution in [-0.4, -0.2) is 31.4 Å². The molecule has 0 radical (unpaired) electrons. The molecular weight excluding hydrogens is 309 g/mol. The van der Waals surface area contributed by atoms with E-state index in [4.69, 9.17) is 4.74 Å². The first-order valence-electron chi connectivity index (χ1n) is 7.41. The first kappa shape index (κ1) is 14.5. The average molecular weight is 323 g/mol. The van der Waals surface area contributed by atoms with Crippen molar-refractivity contribution < 1.29 is 9.13 Å². The molecule has 0 aliphatic carbocycles. The second kappa shape index (κ2) is 5.23. The van der Waals surface area contributed by atoms with E-state index < -0.39 is 5.95 Å². The lowest BCUT2D eigenvalue weighted by atomic mass is 10.2. The van der Waals surface area contributed by atoms with Gasteiger partial charge in [-0.15, -0.1) is 0 Å². The van der Waals surface area contributed by atoms with Gasteiger partial charge in [0.1, 0.15) is 11.3 Å². The Morgan fingerprint density at radius 3 is 2.58 bits per heavy atom. The van der Waals surface area contributed by atoms with Crippen molar-refractivity contribution in [1.29, 1.82) is 0 Å². The number of pyridine rings is 2. The number of rotatable bonds is 2. The monoisotopic (exact) mass is 323 g/mol. The molecule has 0 N–H and O–H groups in total. The summed E-state index contributed by atoms with van der Waals surface area (Å²) < 4.78 is 20.7. The van der Waals surface area contributed by atoms with Crippen molar-refractivity contribution in [1.82, 2.24) is 24.3 Å². The quantitative estimate of drug-likeness (QED) is 0.530. The molecule has 0 amide bonds. The molecule has 0 saturated carbocycles. The van der Waals surface area contributed by atoms with Crippen molar-refractivity contribution in [3.05, 3.63) is 47.8 Å². The van der Waals surface area contributed by atoms with Crippen molar-refractivity contribution in [2.45, 2.75) is 13.8 Å². The molecule has 4 aromatic rings. The Labute approximate surface area is 137 Å². The minimum atomic E-state index is -0.553. The van der Waals surface area contributed by atoms with Gasteiger partial charge in [0, 0.05) is 23.9 Å². The molecular formula is C17H14FN5O. The minimum Gasteiger partial charge on any atom is -0.481 e. The van der Waals surface area contributed by atoms with Crippen LogP contribution in [0, 0.1) is 19.8 Å². The lowest BCUT2D eigenvalue weighted by Gasteiger charge is -2.08. The van der Waals surface area contributed by atoms with Crippen LogP contribution in [0.2, 0.25) is 0 Å². The van der Waals surface area contributed by atoms with Crippen LogP contribution in [0.25, 0.3) is 28.1 Å². The molecule has 0 spiro atoms. The predicted molar refractivity (Wildman–Crippen MR) is 87.5 cm³/mol. The molecule has 120 valence electrons. The topological polar surface area (TPSA) is 65.2 Å². The van der Waals surface area contributed by atoms with E-state index in [0.29, 0.717) is 28.4 Å². The van der Waals surface area contributed by atoms with Crippen molar-refractivity contribution >= 4 is 16.7 Å². The van der Waals surface area contributed by atoms with Crippen LogP contribution >= 0.6 is 0 Å². The zero-order chi connectivity index (χ0) is 16.8. The maximum atomic E-state index is 13.6. The van der Waals surface area contributed by atoms with Gasteiger partial charge in [0.2, 0.25) is 11.8 Å². The summed E-state index contributed by atoms with van der Waals surface area (Å²) in [5.41, 5.74) is 4.45. The van der Waals surface area contributed by atoms with Gasteiger partial charge >= 0.3 is 0 Å². The van der Waals surface area contributed by atoms with E-state index in [2.05, 4.69) is 19.9 Å². The standard InChI is InChI=1S/C17H14FN5O/c1-9-15-10(2)21-16(11-6-7-19-13(18)8-11)23(15)17-12(20-9)4-5-14(22-17)24-3/h4-8H,1-3H3. The zero-order valence-electron chi connectivity index (χ0n) is 13.4. The number of fused-ring (bicyclic) bond motifs is 3. The Hall–Kier alpha value is -3.09. The molecule has 4 aromatic heterocycles. The summed E-state index contributed by atoms with van der Waals surface area (Å²) >= 11 is 0. The molecule has 4 rings (SSSR count). The summed E-state index contributed by atoms with van der Waals surface area (Å²) in [5, 5.41) is 0. The lowest BCUT2D eigenvalue weighted by Crippen LogP contribution is -2.01. The first-order chi connectivity index (χ1) is 11.6. The smallest absolute Gasteiger partial charge is 0.215 e. The Balaban J connectivity index is 2.18. The number of ether oxygens (including phenoxy) is 1. The molecule has 4 heterocycles. The van der Waals surface area contributed by atoms with Gasteiger partial charge in [-0.3, -0.25) is 4.40 Å². The first-order valence-corrected chi connectivity index (χ1v) is 7.41. The number of hydrogen-bond acceptors (Lipinski definition) is 5. The van der Waals surface area contributed by atoms with Gasteiger partial charge in [0.25, 0.3) is 0 Å². The largest absolute Gasteiger partial charge is 0.481 e. The number of hydrogen-bond donors (Lipinski definition) is 0. The van der Waals surface area contributed by atoms with Gasteiger partial charge in [0.05, 0.1) is 24.0 Å². The van der Waals surface area contributed by atoms with E-state index in [-0.39, 0.29) is 0 Å². The highest BCUT2D eigenvalue weighted by molar-refractivity contribution is 5.81. The summed E-state index contributed by atoms with van der Waals surface area (Å²) in [5.74, 6) is 0.523. The minimum absolute atomic E-state index is 0.479. The molecule has 0 atom stereocenters.